The van der Waals surface area contributed by atoms with Crippen LogP contribution in [0.15, 0.2) is 18.2 Å². The van der Waals surface area contributed by atoms with Gasteiger partial charge in [-0.05, 0) is 18.1 Å². The van der Waals surface area contributed by atoms with Gasteiger partial charge in [-0.15, -0.1) is 0 Å². The van der Waals surface area contributed by atoms with Crippen molar-refractivity contribution < 1.29 is 0 Å². The highest BCUT2D eigenvalue weighted by atomic mass is 15.1. The zero-order valence-electron chi connectivity index (χ0n) is 9.04. The standard InChI is InChI=1S/C12H16N2/c1-4-9-7-6-8-10-12(9)13-11(5-2)14(10)3/h6-8H,4-5H2,1-3H3. The maximum absolute atomic E-state index is 4.66. The first-order chi connectivity index (χ1) is 6.77. The lowest BCUT2D eigenvalue weighted by Crippen LogP contribution is -1.94. The van der Waals surface area contributed by atoms with Gasteiger partial charge >= 0.3 is 0 Å². The van der Waals surface area contributed by atoms with Crippen LogP contribution in [-0.4, -0.2) is 9.55 Å². The molecule has 0 aliphatic rings. The second-order valence-electron chi connectivity index (χ2n) is 3.58. The quantitative estimate of drug-likeness (QED) is 0.708. The minimum Gasteiger partial charge on any atom is -0.331 e. The Balaban J connectivity index is 2.77. The first-order valence-electron chi connectivity index (χ1n) is 5.21. The van der Waals surface area contributed by atoms with Gasteiger partial charge in [0.2, 0.25) is 0 Å². The van der Waals surface area contributed by atoms with Crippen LogP contribution in [0, 0.1) is 0 Å². The van der Waals surface area contributed by atoms with Crippen molar-refractivity contribution in [2.45, 2.75) is 26.7 Å². The lowest BCUT2D eigenvalue weighted by atomic mass is 10.1. The summed E-state index contributed by atoms with van der Waals surface area (Å²) in [5.41, 5.74) is 3.77. The summed E-state index contributed by atoms with van der Waals surface area (Å²) in [6, 6.07) is 6.41. The fourth-order valence-electron chi connectivity index (χ4n) is 1.92. The summed E-state index contributed by atoms with van der Waals surface area (Å²) >= 11 is 0. The van der Waals surface area contributed by atoms with E-state index in [2.05, 4.69) is 48.6 Å². The predicted molar refractivity (Wildman–Crippen MR) is 59.5 cm³/mol. The molecule has 0 bridgehead atoms. The number of imidazole rings is 1. The van der Waals surface area contributed by atoms with Crippen LogP contribution in [0.4, 0.5) is 0 Å². The van der Waals surface area contributed by atoms with Gasteiger partial charge < -0.3 is 4.57 Å². The second-order valence-corrected chi connectivity index (χ2v) is 3.58. The molecule has 0 aliphatic heterocycles. The van der Waals surface area contributed by atoms with Gasteiger partial charge in [0.1, 0.15) is 5.82 Å². The number of aryl methyl sites for hydroxylation is 3. The molecule has 1 heterocycles. The third-order valence-electron chi connectivity index (χ3n) is 2.78. The summed E-state index contributed by atoms with van der Waals surface area (Å²) in [6.45, 7) is 4.32. The van der Waals surface area contributed by atoms with Crippen LogP contribution in [0.5, 0.6) is 0 Å². The van der Waals surface area contributed by atoms with Gasteiger partial charge in [-0.25, -0.2) is 4.98 Å². The van der Waals surface area contributed by atoms with Gasteiger partial charge in [0, 0.05) is 13.5 Å². The molecule has 0 amide bonds. The van der Waals surface area contributed by atoms with Crippen molar-refractivity contribution in [3.8, 4) is 0 Å². The molecule has 0 fully saturated rings. The zero-order chi connectivity index (χ0) is 10.1. The van der Waals surface area contributed by atoms with Crippen molar-refractivity contribution in [1.82, 2.24) is 9.55 Å². The number of rotatable bonds is 2. The Morgan fingerprint density at radius 1 is 1.21 bits per heavy atom. The van der Waals surface area contributed by atoms with Crippen molar-refractivity contribution in [2.75, 3.05) is 0 Å². The molecule has 0 spiro atoms. The van der Waals surface area contributed by atoms with E-state index < -0.39 is 0 Å². The van der Waals surface area contributed by atoms with E-state index in [0.29, 0.717) is 0 Å². The van der Waals surface area contributed by atoms with Crippen molar-refractivity contribution in [1.29, 1.82) is 0 Å². The SMILES string of the molecule is CCc1cccc2c1nc(CC)n2C. The van der Waals surface area contributed by atoms with Gasteiger partial charge in [0.05, 0.1) is 11.0 Å². The van der Waals surface area contributed by atoms with Gasteiger partial charge in [-0.2, -0.15) is 0 Å². The Morgan fingerprint density at radius 2 is 2.00 bits per heavy atom. The smallest absolute Gasteiger partial charge is 0.109 e. The van der Waals surface area contributed by atoms with Crippen molar-refractivity contribution in [2.24, 2.45) is 7.05 Å². The number of fused-ring (bicyclic) bond motifs is 1. The highest BCUT2D eigenvalue weighted by Crippen LogP contribution is 2.19. The molecular formula is C12H16N2. The zero-order valence-corrected chi connectivity index (χ0v) is 9.04. The molecule has 0 radical (unpaired) electrons. The van der Waals surface area contributed by atoms with Crippen LogP contribution in [0.3, 0.4) is 0 Å². The third-order valence-corrected chi connectivity index (χ3v) is 2.78. The van der Waals surface area contributed by atoms with Crippen LogP contribution in [-0.2, 0) is 19.9 Å². The summed E-state index contributed by atoms with van der Waals surface area (Å²) in [4.78, 5) is 4.66. The normalized spacial score (nSPS) is 11.1. The molecule has 2 nitrogen and oxygen atoms in total. The maximum atomic E-state index is 4.66. The van der Waals surface area contributed by atoms with E-state index in [1.54, 1.807) is 0 Å². The van der Waals surface area contributed by atoms with E-state index in [0.717, 1.165) is 12.8 Å². The van der Waals surface area contributed by atoms with Gasteiger partial charge in [-0.3, -0.25) is 0 Å². The highest BCUT2D eigenvalue weighted by molar-refractivity contribution is 5.79. The Bertz CT molecular complexity index is 455. The van der Waals surface area contributed by atoms with Crippen LogP contribution in [0.25, 0.3) is 11.0 Å². The maximum Gasteiger partial charge on any atom is 0.109 e. The molecule has 2 aromatic rings. The molecule has 0 N–H and O–H groups in total. The average Bonchev–Trinajstić information content (AvgIpc) is 2.55. The number of hydrogen-bond donors (Lipinski definition) is 0. The van der Waals surface area contributed by atoms with Crippen molar-refractivity contribution in [3.05, 3.63) is 29.6 Å². The van der Waals surface area contributed by atoms with Crippen molar-refractivity contribution in [3.63, 3.8) is 0 Å². The number of aromatic nitrogens is 2. The van der Waals surface area contributed by atoms with E-state index in [9.17, 15) is 0 Å². The first-order valence-corrected chi connectivity index (χ1v) is 5.21. The summed E-state index contributed by atoms with van der Waals surface area (Å²) < 4.78 is 2.19. The molecule has 0 unspecified atom stereocenters. The molecule has 1 aromatic heterocycles. The second kappa shape index (κ2) is 3.45. The third kappa shape index (κ3) is 1.22. The van der Waals surface area contributed by atoms with E-state index in [4.69, 9.17) is 0 Å². The Hall–Kier alpha value is -1.31. The van der Waals surface area contributed by atoms with E-state index in [1.165, 1.54) is 22.4 Å². The number of nitrogens with zero attached hydrogens (tertiary/aromatic N) is 2. The summed E-state index contributed by atoms with van der Waals surface area (Å²) in [5, 5.41) is 0. The van der Waals surface area contributed by atoms with E-state index in [1.807, 2.05) is 0 Å². The lowest BCUT2D eigenvalue weighted by Gasteiger charge is -1.99. The summed E-state index contributed by atoms with van der Waals surface area (Å²) in [7, 11) is 2.09. The molecule has 0 atom stereocenters. The van der Waals surface area contributed by atoms with Gasteiger partial charge in [-0.1, -0.05) is 26.0 Å². The number of para-hydroxylation sites is 1. The van der Waals surface area contributed by atoms with E-state index >= 15 is 0 Å². The van der Waals surface area contributed by atoms with Gasteiger partial charge in [0.15, 0.2) is 0 Å². The lowest BCUT2D eigenvalue weighted by molar-refractivity contribution is 0.829. The molecule has 0 aliphatic carbocycles. The molecule has 14 heavy (non-hydrogen) atoms. The molecular weight excluding hydrogens is 172 g/mol. The van der Waals surface area contributed by atoms with Crippen LogP contribution in [0.1, 0.15) is 25.2 Å². The van der Waals surface area contributed by atoms with Gasteiger partial charge in [0.25, 0.3) is 0 Å². The molecule has 2 heteroatoms. The Labute approximate surface area is 84.6 Å². The molecule has 74 valence electrons. The summed E-state index contributed by atoms with van der Waals surface area (Å²) in [6.07, 6.45) is 2.05. The minimum atomic E-state index is 0.994. The topological polar surface area (TPSA) is 17.8 Å². The van der Waals surface area contributed by atoms with E-state index in [-0.39, 0.29) is 0 Å². The largest absolute Gasteiger partial charge is 0.331 e. The van der Waals surface area contributed by atoms with Crippen molar-refractivity contribution >= 4 is 11.0 Å². The average molecular weight is 188 g/mol. The van der Waals surface area contributed by atoms with Crippen LogP contribution >= 0.6 is 0 Å². The summed E-state index contributed by atoms with van der Waals surface area (Å²) in [5.74, 6) is 1.17. The molecule has 2 rings (SSSR count). The van der Waals surface area contributed by atoms with Crippen LogP contribution in [0.2, 0.25) is 0 Å². The monoisotopic (exact) mass is 188 g/mol. The molecule has 0 saturated carbocycles. The fraction of sp³-hybridized carbons (Fsp3) is 0.417. The molecule has 0 saturated heterocycles. The minimum absolute atomic E-state index is 0.994. The first kappa shape index (κ1) is 9.25. The predicted octanol–water partition coefficient (Wildman–Crippen LogP) is 2.70. The van der Waals surface area contributed by atoms with Crippen LogP contribution < -0.4 is 0 Å². The highest BCUT2D eigenvalue weighted by Gasteiger charge is 2.07. The number of hydrogen-bond acceptors (Lipinski definition) is 1. The number of benzene rings is 1. The Morgan fingerprint density at radius 3 is 2.64 bits per heavy atom. The fourth-order valence-corrected chi connectivity index (χ4v) is 1.92. The molecule has 1 aromatic carbocycles. The Kier molecular flexibility index (Phi) is 2.28.